The van der Waals surface area contributed by atoms with Gasteiger partial charge in [-0.1, -0.05) is 23.4 Å². The number of hydrogen-bond donors (Lipinski definition) is 0. The van der Waals surface area contributed by atoms with Crippen molar-refractivity contribution in [1.29, 1.82) is 0 Å². The highest BCUT2D eigenvalue weighted by molar-refractivity contribution is 6.05. The van der Waals surface area contributed by atoms with E-state index in [1.165, 1.54) is 0 Å². The molecule has 1 atom stereocenters. The predicted octanol–water partition coefficient (Wildman–Crippen LogP) is 2.22. The Balaban J connectivity index is 1.64. The summed E-state index contributed by atoms with van der Waals surface area (Å²) in [5, 5.41) is 8.88. The maximum Gasteiger partial charge on any atom is 0.256 e. The molecule has 1 aliphatic rings. The number of para-hydroxylation sites is 1. The summed E-state index contributed by atoms with van der Waals surface area (Å²) in [4.78, 5) is 19.4. The zero-order valence-corrected chi connectivity index (χ0v) is 12.9. The third-order valence-corrected chi connectivity index (χ3v) is 4.36. The van der Waals surface area contributed by atoms with E-state index in [1.54, 1.807) is 6.20 Å². The number of aryl methyl sites for hydroxylation is 1. The molecule has 1 aromatic carbocycles. The molecule has 1 fully saturated rings. The maximum atomic E-state index is 12.9. The van der Waals surface area contributed by atoms with Crippen LogP contribution in [0.1, 0.15) is 28.5 Å². The Morgan fingerprint density at radius 2 is 2.17 bits per heavy atom. The fourth-order valence-corrected chi connectivity index (χ4v) is 3.14. The van der Waals surface area contributed by atoms with Gasteiger partial charge in [0, 0.05) is 30.4 Å². The van der Waals surface area contributed by atoms with Gasteiger partial charge in [-0.15, -0.1) is 5.10 Å². The predicted molar refractivity (Wildman–Crippen MR) is 86.1 cm³/mol. The van der Waals surface area contributed by atoms with Crippen molar-refractivity contribution in [3.05, 3.63) is 54.0 Å². The number of amides is 1. The van der Waals surface area contributed by atoms with Gasteiger partial charge in [-0.3, -0.25) is 9.78 Å². The van der Waals surface area contributed by atoms with E-state index in [-0.39, 0.29) is 11.9 Å². The molecule has 1 saturated heterocycles. The average Bonchev–Trinajstić information content (AvgIpc) is 3.24. The normalized spacial score (nSPS) is 17.8. The summed E-state index contributed by atoms with van der Waals surface area (Å²) in [6, 6.07) is 9.94. The second-order valence-corrected chi connectivity index (χ2v) is 5.91. The topological polar surface area (TPSA) is 63.9 Å². The van der Waals surface area contributed by atoms with Gasteiger partial charge in [-0.2, -0.15) is 0 Å². The van der Waals surface area contributed by atoms with Crippen molar-refractivity contribution in [1.82, 2.24) is 24.9 Å². The monoisotopic (exact) mass is 307 g/mol. The summed E-state index contributed by atoms with van der Waals surface area (Å²) in [6.45, 7) is 3.33. The molecule has 0 bridgehead atoms. The molecule has 3 heterocycles. The van der Waals surface area contributed by atoms with E-state index in [4.69, 9.17) is 0 Å². The molecule has 1 aliphatic heterocycles. The van der Waals surface area contributed by atoms with Crippen molar-refractivity contribution >= 4 is 16.8 Å². The first-order chi connectivity index (χ1) is 11.2. The van der Waals surface area contributed by atoms with Crippen LogP contribution in [0.2, 0.25) is 0 Å². The van der Waals surface area contributed by atoms with E-state index in [0.29, 0.717) is 12.1 Å². The smallest absolute Gasteiger partial charge is 0.256 e. The number of carbonyl (C=O) groups excluding carboxylic acids is 1. The lowest BCUT2D eigenvalue weighted by molar-refractivity contribution is 0.0788. The van der Waals surface area contributed by atoms with E-state index in [9.17, 15) is 4.79 Å². The molecule has 4 rings (SSSR count). The summed E-state index contributed by atoms with van der Waals surface area (Å²) in [7, 11) is 0. The van der Waals surface area contributed by atoms with Crippen LogP contribution in [-0.4, -0.2) is 43.9 Å². The quantitative estimate of drug-likeness (QED) is 0.728. The van der Waals surface area contributed by atoms with E-state index in [2.05, 4.69) is 15.3 Å². The lowest BCUT2D eigenvalue weighted by Gasteiger charge is -2.17. The number of hydrogen-bond acceptors (Lipinski definition) is 4. The standard InChI is InChI=1S/C17H17N5O/c1-12-5-6-13-3-2-4-15(16(13)19-12)17(23)21-9-7-14(11-21)22-10-8-18-20-22/h2-6,8,10,14H,7,9,11H2,1H3. The maximum absolute atomic E-state index is 12.9. The summed E-state index contributed by atoms with van der Waals surface area (Å²) in [5.41, 5.74) is 2.37. The summed E-state index contributed by atoms with van der Waals surface area (Å²) < 4.78 is 1.83. The van der Waals surface area contributed by atoms with Crippen LogP contribution in [0.25, 0.3) is 10.9 Å². The molecule has 1 unspecified atom stereocenters. The molecule has 0 saturated carbocycles. The molecule has 6 heteroatoms. The molecular weight excluding hydrogens is 290 g/mol. The molecule has 116 valence electrons. The second kappa shape index (κ2) is 5.46. The van der Waals surface area contributed by atoms with Gasteiger partial charge in [0.05, 0.1) is 23.3 Å². The second-order valence-electron chi connectivity index (χ2n) is 5.91. The van der Waals surface area contributed by atoms with Gasteiger partial charge in [0.2, 0.25) is 0 Å². The first-order valence-electron chi connectivity index (χ1n) is 7.74. The van der Waals surface area contributed by atoms with Crippen LogP contribution in [0.5, 0.6) is 0 Å². The van der Waals surface area contributed by atoms with Gasteiger partial charge >= 0.3 is 0 Å². The van der Waals surface area contributed by atoms with Crippen LogP contribution in [-0.2, 0) is 0 Å². The third kappa shape index (κ3) is 2.46. The summed E-state index contributed by atoms with van der Waals surface area (Å²) in [6.07, 6.45) is 4.41. The molecule has 23 heavy (non-hydrogen) atoms. The van der Waals surface area contributed by atoms with Crippen LogP contribution >= 0.6 is 0 Å². The van der Waals surface area contributed by atoms with Crippen molar-refractivity contribution in [2.24, 2.45) is 0 Å². The van der Waals surface area contributed by atoms with Gasteiger partial charge < -0.3 is 4.90 Å². The fourth-order valence-electron chi connectivity index (χ4n) is 3.14. The molecule has 0 aliphatic carbocycles. The van der Waals surface area contributed by atoms with E-state index in [0.717, 1.165) is 29.6 Å². The molecule has 2 aromatic heterocycles. The number of fused-ring (bicyclic) bond motifs is 1. The Kier molecular flexibility index (Phi) is 3.29. The summed E-state index contributed by atoms with van der Waals surface area (Å²) >= 11 is 0. The van der Waals surface area contributed by atoms with Gasteiger partial charge in [0.15, 0.2) is 0 Å². The average molecular weight is 307 g/mol. The molecule has 1 amide bonds. The molecule has 0 N–H and O–H groups in total. The van der Waals surface area contributed by atoms with Crippen LogP contribution in [0.4, 0.5) is 0 Å². The number of aromatic nitrogens is 4. The van der Waals surface area contributed by atoms with Gasteiger partial charge in [0.25, 0.3) is 5.91 Å². The number of likely N-dealkylation sites (tertiary alicyclic amines) is 1. The van der Waals surface area contributed by atoms with Crippen molar-refractivity contribution in [3.63, 3.8) is 0 Å². The van der Waals surface area contributed by atoms with Gasteiger partial charge in [0.1, 0.15) is 0 Å². The van der Waals surface area contributed by atoms with Crippen LogP contribution in [0, 0.1) is 6.92 Å². The van der Waals surface area contributed by atoms with Crippen molar-refractivity contribution in [2.45, 2.75) is 19.4 Å². The lowest BCUT2D eigenvalue weighted by Crippen LogP contribution is -2.29. The molecular formula is C17H17N5O. The Hall–Kier alpha value is -2.76. The largest absolute Gasteiger partial charge is 0.336 e. The zero-order chi connectivity index (χ0) is 15.8. The minimum atomic E-state index is 0.0383. The first-order valence-corrected chi connectivity index (χ1v) is 7.74. The van der Waals surface area contributed by atoms with Crippen molar-refractivity contribution in [2.75, 3.05) is 13.1 Å². The number of nitrogens with zero attached hydrogens (tertiary/aromatic N) is 5. The van der Waals surface area contributed by atoms with Crippen molar-refractivity contribution < 1.29 is 4.79 Å². The first kappa shape index (κ1) is 13.9. The number of pyridine rings is 1. The van der Waals surface area contributed by atoms with E-state index < -0.39 is 0 Å². The molecule has 0 radical (unpaired) electrons. The van der Waals surface area contributed by atoms with Gasteiger partial charge in [-0.25, -0.2) is 4.68 Å². The molecule has 3 aromatic rings. The summed E-state index contributed by atoms with van der Waals surface area (Å²) in [5.74, 6) is 0.0383. The van der Waals surface area contributed by atoms with E-state index >= 15 is 0 Å². The highest BCUT2D eigenvalue weighted by Gasteiger charge is 2.29. The van der Waals surface area contributed by atoms with Gasteiger partial charge in [-0.05, 0) is 25.5 Å². The highest BCUT2D eigenvalue weighted by Crippen LogP contribution is 2.25. The van der Waals surface area contributed by atoms with Crippen LogP contribution < -0.4 is 0 Å². The minimum absolute atomic E-state index is 0.0383. The number of rotatable bonds is 2. The zero-order valence-electron chi connectivity index (χ0n) is 12.9. The third-order valence-electron chi connectivity index (χ3n) is 4.36. The fraction of sp³-hybridized carbons (Fsp3) is 0.294. The van der Waals surface area contributed by atoms with Crippen LogP contribution in [0.15, 0.2) is 42.7 Å². The minimum Gasteiger partial charge on any atom is -0.336 e. The molecule has 0 spiro atoms. The molecule has 6 nitrogen and oxygen atoms in total. The Labute approximate surface area is 133 Å². The SMILES string of the molecule is Cc1ccc2cccc(C(=O)N3CCC(n4ccnn4)C3)c2n1. The number of carbonyl (C=O) groups is 1. The van der Waals surface area contributed by atoms with E-state index in [1.807, 2.05) is 53.0 Å². The Morgan fingerprint density at radius 3 is 3.00 bits per heavy atom. The van der Waals surface area contributed by atoms with Crippen LogP contribution in [0.3, 0.4) is 0 Å². The number of benzene rings is 1. The Bertz CT molecular complexity index is 859. The Morgan fingerprint density at radius 1 is 1.26 bits per heavy atom. The highest BCUT2D eigenvalue weighted by atomic mass is 16.2. The van der Waals surface area contributed by atoms with Crippen molar-refractivity contribution in [3.8, 4) is 0 Å². The lowest BCUT2D eigenvalue weighted by atomic mass is 10.1.